The van der Waals surface area contributed by atoms with Crippen molar-refractivity contribution in [1.29, 1.82) is 0 Å². The summed E-state index contributed by atoms with van der Waals surface area (Å²) in [6.45, 7) is 2.83. The minimum atomic E-state index is -0.730. The van der Waals surface area contributed by atoms with Crippen LogP contribution < -0.4 is 0 Å². The summed E-state index contributed by atoms with van der Waals surface area (Å²) in [5.41, 5.74) is 3.36. The minimum absolute atomic E-state index is 0.164. The van der Waals surface area contributed by atoms with Gasteiger partial charge < -0.3 is 4.74 Å². The molecule has 2 heterocycles. The summed E-state index contributed by atoms with van der Waals surface area (Å²) < 4.78 is 5.16. The lowest BCUT2D eigenvalue weighted by Crippen LogP contribution is -2.60. The van der Waals surface area contributed by atoms with Gasteiger partial charge in [0.15, 0.2) is 0 Å². The van der Waals surface area contributed by atoms with E-state index in [9.17, 15) is 4.79 Å². The van der Waals surface area contributed by atoms with Crippen molar-refractivity contribution >= 4 is 74.9 Å². The van der Waals surface area contributed by atoms with Crippen LogP contribution in [0.2, 0.25) is 20.1 Å². The van der Waals surface area contributed by atoms with Gasteiger partial charge in [0.25, 0.3) is 0 Å². The fraction of sp³-hybridized carbons (Fsp3) is 0.222. The summed E-state index contributed by atoms with van der Waals surface area (Å²) in [6, 6.07) is 31.7. The number of hydrogen-bond acceptors (Lipinski definition) is 6. The van der Waals surface area contributed by atoms with Crippen LogP contribution in [-0.2, 0) is 29.0 Å². The van der Waals surface area contributed by atoms with Crippen molar-refractivity contribution in [2.75, 3.05) is 20.2 Å². The number of aliphatic imine (C=N–C) groups is 1. The number of benzene rings is 4. The average molecular weight is 712 g/mol. The fourth-order valence-electron chi connectivity index (χ4n) is 6.29. The summed E-state index contributed by atoms with van der Waals surface area (Å²) in [6.07, 6.45) is 2.29. The van der Waals surface area contributed by atoms with Crippen LogP contribution >= 0.6 is 58.2 Å². The summed E-state index contributed by atoms with van der Waals surface area (Å²) in [4.78, 5) is 24.1. The first-order chi connectivity index (χ1) is 22.3. The number of halogens is 4. The Balaban J connectivity index is 1.57. The van der Waals surface area contributed by atoms with Crippen LogP contribution in [0.1, 0.15) is 16.7 Å². The highest BCUT2D eigenvalue weighted by molar-refractivity contribution is 8.18. The van der Waals surface area contributed by atoms with E-state index in [1.54, 1.807) is 18.2 Å². The number of carbonyl (C=O) groups excluding carboxylic acids is 1. The molecule has 6 rings (SSSR count). The molecule has 2 fully saturated rings. The Hall–Kier alpha value is -2.81. The molecule has 4 aromatic rings. The number of esters is 1. The molecule has 0 bridgehead atoms. The Kier molecular flexibility index (Phi) is 10.5. The van der Waals surface area contributed by atoms with Gasteiger partial charge >= 0.3 is 5.97 Å². The zero-order valence-electron chi connectivity index (χ0n) is 25.0. The van der Waals surface area contributed by atoms with Gasteiger partial charge in [-0.05, 0) is 65.6 Å². The highest BCUT2D eigenvalue weighted by Crippen LogP contribution is 2.55. The third-order valence-corrected chi connectivity index (χ3v) is 10.9. The maximum absolute atomic E-state index is 12.9. The first-order valence-electron chi connectivity index (χ1n) is 14.8. The summed E-state index contributed by atoms with van der Waals surface area (Å²) in [5.74, 6) is -0.569. The van der Waals surface area contributed by atoms with Gasteiger partial charge in [0.05, 0.1) is 22.8 Å². The Morgan fingerprint density at radius 2 is 1.41 bits per heavy atom. The van der Waals surface area contributed by atoms with Crippen molar-refractivity contribution in [2.45, 2.75) is 25.2 Å². The minimum Gasteiger partial charge on any atom is -0.466 e. The van der Waals surface area contributed by atoms with Crippen molar-refractivity contribution in [2.24, 2.45) is 10.9 Å². The molecule has 46 heavy (non-hydrogen) atoms. The molecule has 4 aromatic carbocycles. The molecule has 1 atom stereocenters. The van der Waals surface area contributed by atoms with E-state index in [0.717, 1.165) is 39.7 Å². The predicted molar refractivity (Wildman–Crippen MR) is 191 cm³/mol. The third-order valence-electron chi connectivity index (χ3n) is 8.41. The smallest absolute Gasteiger partial charge is 0.331 e. The van der Waals surface area contributed by atoms with E-state index in [-0.39, 0.29) is 5.92 Å². The van der Waals surface area contributed by atoms with Crippen LogP contribution in [0.25, 0.3) is 0 Å². The van der Waals surface area contributed by atoms with Crippen LogP contribution in [0.3, 0.4) is 0 Å². The van der Waals surface area contributed by atoms with Gasteiger partial charge in [0.1, 0.15) is 10.7 Å². The highest BCUT2D eigenvalue weighted by atomic mass is 35.5. The fourth-order valence-corrected chi connectivity index (χ4v) is 8.31. The molecular formula is C36H31Cl4N3O2S. The zero-order chi connectivity index (χ0) is 32.3. The molecule has 0 saturated carbocycles. The van der Waals surface area contributed by atoms with Crippen LogP contribution in [0, 0.1) is 5.92 Å². The second kappa shape index (κ2) is 14.5. The molecule has 236 valence electrons. The lowest BCUT2D eigenvalue weighted by atomic mass is 9.84. The van der Waals surface area contributed by atoms with Gasteiger partial charge in [-0.3, -0.25) is 9.80 Å². The molecule has 0 aromatic heterocycles. The second-order valence-electron chi connectivity index (χ2n) is 11.3. The van der Waals surface area contributed by atoms with Crippen molar-refractivity contribution in [3.05, 3.63) is 145 Å². The molecule has 0 radical (unpaired) electrons. The lowest BCUT2D eigenvalue weighted by Gasteiger charge is -2.45. The maximum atomic E-state index is 12.9. The Bertz CT molecular complexity index is 1710. The van der Waals surface area contributed by atoms with Gasteiger partial charge in [-0.15, -0.1) is 0 Å². The zero-order valence-corrected chi connectivity index (χ0v) is 28.8. The van der Waals surface area contributed by atoms with Crippen LogP contribution in [-0.4, -0.2) is 46.7 Å². The van der Waals surface area contributed by atoms with Crippen molar-refractivity contribution in [3.63, 3.8) is 0 Å². The summed E-state index contributed by atoms with van der Waals surface area (Å²) in [5, 5.41) is 3.11. The van der Waals surface area contributed by atoms with Crippen molar-refractivity contribution < 1.29 is 9.53 Å². The standard InChI is InChI=1S/C36H31Cl4N3O2S/c1-45-34(44)21-33-30(19-24-5-3-2-4-6-24)36(35(46-33)41-29-15-16-31(39)32(40)20-29)42(22-25-7-11-27(37)12-8-25)17-18-43(36)23-26-9-13-28(38)14-10-26/h2-16,20-21,30H,17-19,22-23H2,1H3/b33-21-,41-35?. The normalized spacial score (nSPS) is 19.8. The van der Waals surface area contributed by atoms with Gasteiger partial charge in [0.2, 0.25) is 0 Å². The first-order valence-corrected chi connectivity index (χ1v) is 17.1. The van der Waals surface area contributed by atoms with Crippen LogP contribution in [0.15, 0.2) is 113 Å². The molecule has 0 aliphatic carbocycles. The van der Waals surface area contributed by atoms with Gasteiger partial charge in [-0.1, -0.05) is 113 Å². The monoisotopic (exact) mass is 709 g/mol. The van der Waals surface area contributed by atoms with Crippen molar-refractivity contribution in [1.82, 2.24) is 9.80 Å². The SMILES string of the molecule is COC(=O)/C=C1\SC(=Nc2ccc(Cl)c(Cl)c2)C2(C1Cc1ccccc1)N(Cc1ccc(Cl)cc1)CCN2Cc1ccc(Cl)cc1. The van der Waals surface area contributed by atoms with E-state index in [1.165, 1.54) is 18.9 Å². The van der Waals surface area contributed by atoms with E-state index in [4.69, 9.17) is 56.1 Å². The number of thioether (sulfide) groups is 1. The number of rotatable bonds is 8. The van der Waals surface area contributed by atoms with E-state index in [0.29, 0.717) is 45.3 Å². The molecule has 2 saturated heterocycles. The molecule has 1 unspecified atom stereocenters. The summed E-state index contributed by atoms with van der Waals surface area (Å²) >= 11 is 26.9. The average Bonchev–Trinajstić information content (AvgIpc) is 3.55. The predicted octanol–water partition coefficient (Wildman–Crippen LogP) is 9.71. The Labute approximate surface area is 293 Å². The first kappa shape index (κ1) is 33.1. The van der Waals surface area contributed by atoms with Crippen LogP contribution in [0.4, 0.5) is 5.69 Å². The molecule has 2 aliphatic rings. The molecular weight excluding hydrogens is 680 g/mol. The van der Waals surface area contributed by atoms with Gasteiger partial charge in [-0.25, -0.2) is 9.79 Å². The number of hydrogen-bond donors (Lipinski definition) is 0. The van der Waals surface area contributed by atoms with Gasteiger partial charge in [0, 0.05) is 53.1 Å². The molecule has 5 nitrogen and oxygen atoms in total. The Morgan fingerprint density at radius 1 is 0.826 bits per heavy atom. The largest absolute Gasteiger partial charge is 0.466 e. The molecule has 0 amide bonds. The third kappa shape index (κ3) is 7.04. The molecule has 0 N–H and O–H groups in total. The van der Waals surface area contributed by atoms with Crippen LogP contribution in [0.5, 0.6) is 0 Å². The molecule has 1 spiro atoms. The number of ether oxygens (including phenoxy) is 1. The summed E-state index contributed by atoms with van der Waals surface area (Å²) in [7, 11) is 1.40. The van der Waals surface area contributed by atoms with E-state index < -0.39 is 11.6 Å². The highest BCUT2D eigenvalue weighted by Gasteiger charge is 2.61. The quantitative estimate of drug-likeness (QED) is 0.135. The lowest BCUT2D eigenvalue weighted by molar-refractivity contribution is -0.134. The molecule has 2 aliphatic heterocycles. The van der Waals surface area contributed by atoms with Gasteiger partial charge in [-0.2, -0.15) is 0 Å². The maximum Gasteiger partial charge on any atom is 0.331 e. The number of methoxy groups -OCH3 is 1. The Morgan fingerprint density at radius 3 is 1.96 bits per heavy atom. The van der Waals surface area contributed by atoms with E-state index >= 15 is 0 Å². The van der Waals surface area contributed by atoms with E-state index in [1.807, 2.05) is 48.5 Å². The number of carbonyl (C=O) groups is 1. The molecule has 10 heteroatoms. The van der Waals surface area contributed by atoms with Crippen molar-refractivity contribution in [3.8, 4) is 0 Å². The second-order valence-corrected chi connectivity index (χ2v) is 14.0. The number of nitrogens with zero attached hydrogens (tertiary/aromatic N) is 3. The topological polar surface area (TPSA) is 45.1 Å². The van der Waals surface area contributed by atoms with E-state index in [2.05, 4.69) is 46.2 Å².